The molecule has 0 saturated carbocycles. The third kappa shape index (κ3) is 3.46. The third-order valence-electron chi connectivity index (χ3n) is 1.81. The molecule has 1 aromatic rings. The highest BCUT2D eigenvalue weighted by Crippen LogP contribution is 2.14. The van der Waals surface area contributed by atoms with Gasteiger partial charge in [-0.05, 0) is 6.92 Å². The molecule has 0 heterocycles. The van der Waals surface area contributed by atoms with Gasteiger partial charge < -0.3 is 9.47 Å². The second kappa shape index (κ2) is 5.86. The Bertz CT molecular complexity index is 341. The lowest BCUT2D eigenvalue weighted by Gasteiger charge is -2.05. The number of rotatable bonds is 4. The summed E-state index contributed by atoms with van der Waals surface area (Å²) in [7, 11) is 1.53. The van der Waals surface area contributed by atoms with Crippen LogP contribution in [0.4, 0.5) is 0 Å². The quantitative estimate of drug-likeness (QED) is 0.430. The van der Waals surface area contributed by atoms with Crippen LogP contribution in [0.25, 0.3) is 5.76 Å². The molecule has 0 amide bonds. The van der Waals surface area contributed by atoms with Gasteiger partial charge in [0.15, 0.2) is 0 Å². The molecule has 3 nitrogen and oxygen atoms in total. The van der Waals surface area contributed by atoms with E-state index in [2.05, 4.69) is 0 Å². The lowest BCUT2D eigenvalue weighted by Crippen LogP contribution is -2.01. The van der Waals surface area contributed by atoms with Gasteiger partial charge in [0, 0.05) is 5.56 Å². The Morgan fingerprint density at radius 1 is 1.33 bits per heavy atom. The van der Waals surface area contributed by atoms with Gasteiger partial charge in [-0.2, -0.15) is 0 Å². The number of esters is 1. The van der Waals surface area contributed by atoms with E-state index in [0.717, 1.165) is 5.56 Å². The van der Waals surface area contributed by atoms with Gasteiger partial charge in [-0.25, -0.2) is 4.79 Å². The highest BCUT2D eigenvalue weighted by atomic mass is 16.5. The fraction of sp³-hybridized carbons (Fsp3) is 0.250. The zero-order valence-corrected chi connectivity index (χ0v) is 8.90. The van der Waals surface area contributed by atoms with Crippen molar-refractivity contribution in [2.24, 2.45) is 0 Å². The van der Waals surface area contributed by atoms with Crippen molar-refractivity contribution in [2.75, 3.05) is 13.7 Å². The van der Waals surface area contributed by atoms with Crippen molar-refractivity contribution in [1.82, 2.24) is 0 Å². The molecule has 0 aromatic heterocycles. The molecule has 0 radical (unpaired) electrons. The fourth-order valence-electron chi connectivity index (χ4n) is 1.15. The number of carbonyl (C=O) groups is 1. The number of hydrogen-bond donors (Lipinski definition) is 0. The van der Waals surface area contributed by atoms with Crippen molar-refractivity contribution in [3.63, 3.8) is 0 Å². The van der Waals surface area contributed by atoms with Gasteiger partial charge in [0.2, 0.25) is 0 Å². The van der Waals surface area contributed by atoms with E-state index in [-0.39, 0.29) is 0 Å². The molecule has 0 saturated heterocycles. The van der Waals surface area contributed by atoms with Crippen molar-refractivity contribution in [3.8, 4) is 0 Å². The molecular weight excluding hydrogens is 192 g/mol. The number of benzene rings is 1. The van der Waals surface area contributed by atoms with Crippen molar-refractivity contribution < 1.29 is 14.3 Å². The van der Waals surface area contributed by atoms with Crippen LogP contribution in [0.3, 0.4) is 0 Å². The van der Waals surface area contributed by atoms with E-state index < -0.39 is 5.97 Å². The van der Waals surface area contributed by atoms with Crippen LogP contribution in [0.15, 0.2) is 36.4 Å². The summed E-state index contributed by atoms with van der Waals surface area (Å²) >= 11 is 0. The molecule has 0 unspecified atom stereocenters. The molecule has 0 aliphatic rings. The molecule has 0 aliphatic carbocycles. The summed E-state index contributed by atoms with van der Waals surface area (Å²) in [6.45, 7) is 2.13. The average molecular weight is 206 g/mol. The zero-order valence-electron chi connectivity index (χ0n) is 8.90. The molecule has 0 fully saturated rings. The van der Waals surface area contributed by atoms with Gasteiger partial charge >= 0.3 is 5.97 Å². The normalized spacial score (nSPS) is 10.9. The van der Waals surface area contributed by atoms with Gasteiger partial charge in [-0.3, -0.25) is 0 Å². The largest absolute Gasteiger partial charge is 0.496 e. The monoisotopic (exact) mass is 206 g/mol. The summed E-state index contributed by atoms with van der Waals surface area (Å²) < 4.78 is 9.91. The lowest BCUT2D eigenvalue weighted by atomic mass is 10.2. The Morgan fingerprint density at radius 3 is 2.53 bits per heavy atom. The van der Waals surface area contributed by atoms with Crippen molar-refractivity contribution >= 4 is 11.7 Å². The summed E-state index contributed by atoms with van der Waals surface area (Å²) in [5, 5.41) is 0. The zero-order chi connectivity index (χ0) is 11.1. The van der Waals surface area contributed by atoms with Gasteiger partial charge in [0.1, 0.15) is 5.76 Å². The summed E-state index contributed by atoms with van der Waals surface area (Å²) in [5.41, 5.74) is 0.855. The van der Waals surface area contributed by atoms with Gasteiger partial charge in [0.05, 0.1) is 19.8 Å². The Kier molecular flexibility index (Phi) is 4.41. The first-order valence-electron chi connectivity index (χ1n) is 4.75. The van der Waals surface area contributed by atoms with Crippen LogP contribution in [0.5, 0.6) is 0 Å². The van der Waals surface area contributed by atoms with Gasteiger partial charge in [0.25, 0.3) is 0 Å². The smallest absolute Gasteiger partial charge is 0.334 e. The molecule has 1 rings (SSSR count). The van der Waals surface area contributed by atoms with Crippen LogP contribution in [0, 0.1) is 0 Å². The van der Waals surface area contributed by atoms with E-state index in [1.807, 2.05) is 30.3 Å². The molecule has 3 heteroatoms. The number of ether oxygens (including phenoxy) is 2. The maximum Gasteiger partial charge on any atom is 0.334 e. The Hall–Kier alpha value is -1.77. The average Bonchev–Trinajstić information content (AvgIpc) is 2.27. The lowest BCUT2D eigenvalue weighted by molar-refractivity contribution is -0.137. The molecule has 0 N–H and O–H groups in total. The maximum absolute atomic E-state index is 11.2. The summed E-state index contributed by atoms with van der Waals surface area (Å²) in [4.78, 5) is 11.2. The van der Waals surface area contributed by atoms with E-state index in [0.29, 0.717) is 12.4 Å². The minimum absolute atomic E-state index is 0.362. The minimum Gasteiger partial charge on any atom is -0.496 e. The fourth-order valence-corrected chi connectivity index (χ4v) is 1.15. The maximum atomic E-state index is 11.2. The predicted octanol–water partition coefficient (Wildman–Crippen LogP) is 2.24. The van der Waals surface area contributed by atoms with E-state index in [1.165, 1.54) is 13.2 Å². The molecule has 0 spiro atoms. The Balaban J connectivity index is 2.84. The van der Waals surface area contributed by atoms with Crippen LogP contribution in [0.2, 0.25) is 0 Å². The molecule has 0 bridgehead atoms. The standard InChI is InChI=1S/C12H14O3/c1-3-15-12(13)9-11(14-2)10-7-5-4-6-8-10/h4-9H,3H2,1-2H3. The molecule has 0 aliphatic heterocycles. The molecular formula is C12H14O3. The van der Waals surface area contributed by atoms with Crippen LogP contribution in [0.1, 0.15) is 12.5 Å². The number of methoxy groups -OCH3 is 1. The first-order valence-corrected chi connectivity index (χ1v) is 4.75. The summed E-state index contributed by atoms with van der Waals surface area (Å²) in [5.74, 6) is 0.118. The minimum atomic E-state index is -0.391. The Morgan fingerprint density at radius 2 is 2.00 bits per heavy atom. The first kappa shape index (κ1) is 11.3. The first-order chi connectivity index (χ1) is 7.27. The predicted molar refractivity (Wildman–Crippen MR) is 58.1 cm³/mol. The van der Waals surface area contributed by atoms with Crippen molar-refractivity contribution in [3.05, 3.63) is 42.0 Å². The third-order valence-corrected chi connectivity index (χ3v) is 1.81. The van der Waals surface area contributed by atoms with E-state index in [4.69, 9.17) is 9.47 Å². The molecule has 15 heavy (non-hydrogen) atoms. The second-order valence-corrected chi connectivity index (χ2v) is 2.83. The topological polar surface area (TPSA) is 35.5 Å². The summed E-state index contributed by atoms with van der Waals surface area (Å²) in [6.07, 6.45) is 1.35. The van der Waals surface area contributed by atoms with Gasteiger partial charge in [-0.15, -0.1) is 0 Å². The molecule has 0 atom stereocenters. The summed E-state index contributed by atoms with van der Waals surface area (Å²) in [6, 6.07) is 9.41. The second-order valence-electron chi connectivity index (χ2n) is 2.83. The molecule has 1 aromatic carbocycles. The van der Waals surface area contributed by atoms with Crippen LogP contribution < -0.4 is 0 Å². The number of carbonyl (C=O) groups excluding carboxylic acids is 1. The molecule has 80 valence electrons. The highest BCUT2D eigenvalue weighted by molar-refractivity contribution is 5.89. The van der Waals surface area contributed by atoms with E-state index in [9.17, 15) is 4.79 Å². The Labute approximate surface area is 89.3 Å². The van der Waals surface area contributed by atoms with Crippen LogP contribution in [-0.4, -0.2) is 19.7 Å². The van der Waals surface area contributed by atoms with Crippen LogP contribution >= 0.6 is 0 Å². The SMILES string of the molecule is CCOC(=O)C=C(OC)c1ccccc1. The van der Waals surface area contributed by atoms with Gasteiger partial charge in [-0.1, -0.05) is 30.3 Å². The van der Waals surface area contributed by atoms with Crippen molar-refractivity contribution in [1.29, 1.82) is 0 Å². The van der Waals surface area contributed by atoms with E-state index in [1.54, 1.807) is 6.92 Å². The van der Waals surface area contributed by atoms with E-state index >= 15 is 0 Å². The number of hydrogen-bond acceptors (Lipinski definition) is 3. The van der Waals surface area contributed by atoms with Crippen LogP contribution in [-0.2, 0) is 14.3 Å². The van der Waals surface area contributed by atoms with Crippen molar-refractivity contribution in [2.45, 2.75) is 6.92 Å². The highest BCUT2D eigenvalue weighted by Gasteiger charge is 2.04.